The van der Waals surface area contributed by atoms with Crippen LogP contribution in [0.15, 0.2) is 12.1 Å². The molecule has 0 saturated carbocycles. The third-order valence-electron chi connectivity index (χ3n) is 1.37. The van der Waals surface area contributed by atoms with Gasteiger partial charge in [0.05, 0.1) is 14.2 Å². The van der Waals surface area contributed by atoms with Gasteiger partial charge in [-0.2, -0.15) is 0 Å². The maximum atomic E-state index is 12.8. The molecule has 70 valence electrons. The van der Waals surface area contributed by atoms with Crippen molar-refractivity contribution in [2.45, 2.75) is 0 Å². The van der Waals surface area contributed by atoms with E-state index in [0.717, 1.165) is 12.1 Å². The minimum atomic E-state index is -0.696. The fourth-order valence-corrected chi connectivity index (χ4v) is 0.787. The Morgan fingerprint density at radius 1 is 1.46 bits per heavy atom. The van der Waals surface area contributed by atoms with Gasteiger partial charge in [0.1, 0.15) is 5.82 Å². The summed E-state index contributed by atoms with van der Waals surface area (Å²) < 4.78 is 21.8. The van der Waals surface area contributed by atoms with Crippen LogP contribution >= 0.6 is 0 Å². The number of methoxy groups -OCH3 is 2. The number of carbonyl (C=O) groups excluding carboxylic acids is 1. The first-order chi connectivity index (χ1) is 6.17. The van der Waals surface area contributed by atoms with E-state index in [1.807, 2.05) is 0 Å². The maximum Gasteiger partial charge on any atom is 0.356 e. The molecule has 1 aromatic rings. The van der Waals surface area contributed by atoms with E-state index in [2.05, 4.69) is 14.5 Å². The topological polar surface area (TPSA) is 48.4 Å². The standard InChI is InChI=1S/C8H8FNO3/c1-12-7-4-5(9)3-6(10-7)8(11)13-2/h3-4H,1-2H3. The Morgan fingerprint density at radius 2 is 2.15 bits per heavy atom. The normalized spacial score (nSPS) is 9.46. The number of nitrogens with zero attached hydrogens (tertiary/aromatic N) is 1. The van der Waals surface area contributed by atoms with E-state index < -0.39 is 11.8 Å². The van der Waals surface area contributed by atoms with Crippen molar-refractivity contribution >= 4 is 5.97 Å². The third kappa shape index (κ3) is 2.14. The number of hydrogen-bond donors (Lipinski definition) is 0. The maximum absolute atomic E-state index is 12.8. The van der Waals surface area contributed by atoms with E-state index in [-0.39, 0.29) is 11.6 Å². The van der Waals surface area contributed by atoms with Gasteiger partial charge >= 0.3 is 5.97 Å². The van der Waals surface area contributed by atoms with Gasteiger partial charge < -0.3 is 9.47 Å². The predicted octanol–water partition coefficient (Wildman–Crippen LogP) is 1.02. The second-order valence-corrected chi connectivity index (χ2v) is 2.20. The summed E-state index contributed by atoms with van der Waals surface area (Å²) in [5, 5.41) is 0. The Labute approximate surface area is 74.3 Å². The molecule has 1 heterocycles. The van der Waals surface area contributed by atoms with Crippen molar-refractivity contribution in [1.29, 1.82) is 0 Å². The van der Waals surface area contributed by atoms with Crippen LogP contribution in [0.2, 0.25) is 0 Å². The molecule has 0 aliphatic heterocycles. The van der Waals surface area contributed by atoms with Gasteiger partial charge in [0, 0.05) is 12.1 Å². The number of esters is 1. The summed E-state index contributed by atoms with van der Waals surface area (Å²) in [5.74, 6) is -1.24. The van der Waals surface area contributed by atoms with Crippen molar-refractivity contribution in [2.24, 2.45) is 0 Å². The van der Waals surface area contributed by atoms with Crippen LogP contribution in [-0.4, -0.2) is 25.2 Å². The zero-order valence-electron chi connectivity index (χ0n) is 7.20. The molecule has 0 bridgehead atoms. The summed E-state index contributed by atoms with van der Waals surface area (Å²) >= 11 is 0. The summed E-state index contributed by atoms with van der Waals surface area (Å²) in [6, 6.07) is 2.06. The van der Waals surface area contributed by atoms with Crippen molar-refractivity contribution in [2.75, 3.05) is 14.2 Å². The van der Waals surface area contributed by atoms with E-state index in [4.69, 9.17) is 0 Å². The Balaban J connectivity index is 3.08. The summed E-state index contributed by atoms with van der Waals surface area (Å²) in [5.41, 5.74) is -0.112. The molecule has 0 fully saturated rings. The second-order valence-electron chi connectivity index (χ2n) is 2.20. The smallest absolute Gasteiger partial charge is 0.356 e. The lowest BCUT2D eigenvalue weighted by Gasteiger charge is -2.01. The molecular weight excluding hydrogens is 177 g/mol. The van der Waals surface area contributed by atoms with Crippen LogP contribution in [-0.2, 0) is 4.74 Å². The molecule has 0 N–H and O–H groups in total. The van der Waals surface area contributed by atoms with Gasteiger partial charge in [-0.05, 0) is 0 Å². The molecule has 13 heavy (non-hydrogen) atoms. The zero-order valence-corrected chi connectivity index (χ0v) is 7.20. The van der Waals surface area contributed by atoms with Crippen molar-refractivity contribution in [3.05, 3.63) is 23.6 Å². The Bertz CT molecular complexity index is 327. The Morgan fingerprint density at radius 3 is 2.69 bits per heavy atom. The molecule has 1 rings (SSSR count). The summed E-state index contributed by atoms with van der Waals surface area (Å²) in [6.07, 6.45) is 0. The first kappa shape index (κ1) is 9.44. The van der Waals surface area contributed by atoms with Crippen LogP contribution < -0.4 is 4.74 Å². The number of pyridine rings is 1. The Kier molecular flexibility index (Phi) is 2.79. The monoisotopic (exact) mass is 185 g/mol. The SMILES string of the molecule is COC(=O)c1cc(F)cc(OC)n1. The van der Waals surface area contributed by atoms with Crippen molar-refractivity contribution < 1.29 is 18.7 Å². The minimum Gasteiger partial charge on any atom is -0.481 e. The lowest BCUT2D eigenvalue weighted by atomic mass is 10.3. The molecule has 0 aliphatic carbocycles. The van der Waals surface area contributed by atoms with Crippen molar-refractivity contribution in [3.63, 3.8) is 0 Å². The van der Waals surface area contributed by atoms with Gasteiger partial charge in [-0.1, -0.05) is 0 Å². The molecule has 0 unspecified atom stereocenters. The highest BCUT2D eigenvalue weighted by Crippen LogP contribution is 2.11. The fraction of sp³-hybridized carbons (Fsp3) is 0.250. The number of hydrogen-bond acceptors (Lipinski definition) is 4. The zero-order chi connectivity index (χ0) is 9.84. The number of halogens is 1. The van der Waals surface area contributed by atoms with Crippen LogP contribution in [0.1, 0.15) is 10.5 Å². The van der Waals surface area contributed by atoms with Gasteiger partial charge in [0.15, 0.2) is 5.69 Å². The van der Waals surface area contributed by atoms with E-state index in [9.17, 15) is 9.18 Å². The van der Waals surface area contributed by atoms with Crippen LogP contribution in [0, 0.1) is 5.82 Å². The first-order valence-electron chi connectivity index (χ1n) is 3.47. The average Bonchev–Trinajstić information content (AvgIpc) is 2.15. The number of carbonyl (C=O) groups is 1. The van der Waals surface area contributed by atoms with E-state index in [1.165, 1.54) is 14.2 Å². The molecule has 0 spiro atoms. The van der Waals surface area contributed by atoms with Gasteiger partial charge in [-0.3, -0.25) is 0 Å². The van der Waals surface area contributed by atoms with E-state index in [0.29, 0.717) is 0 Å². The molecule has 5 heteroatoms. The lowest BCUT2D eigenvalue weighted by Crippen LogP contribution is -2.05. The molecule has 0 radical (unpaired) electrons. The summed E-state index contributed by atoms with van der Waals surface area (Å²) in [4.78, 5) is 14.6. The molecule has 1 aromatic heterocycles. The summed E-state index contributed by atoms with van der Waals surface area (Å²) in [7, 11) is 2.53. The van der Waals surface area contributed by atoms with Crippen molar-refractivity contribution in [1.82, 2.24) is 4.98 Å². The van der Waals surface area contributed by atoms with Gasteiger partial charge in [-0.15, -0.1) is 0 Å². The van der Waals surface area contributed by atoms with Gasteiger partial charge in [0.2, 0.25) is 5.88 Å². The molecular formula is C8H8FNO3. The highest BCUT2D eigenvalue weighted by molar-refractivity contribution is 5.87. The minimum absolute atomic E-state index is 0.0420. The largest absolute Gasteiger partial charge is 0.481 e. The molecule has 0 atom stereocenters. The molecule has 0 amide bonds. The van der Waals surface area contributed by atoms with Crippen LogP contribution in [0.5, 0.6) is 5.88 Å². The third-order valence-corrected chi connectivity index (χ3v) is 1.37. The first-order valence-corrected chi connectivity index (χ1v) is 3.47. The molecule has 0 aliphatic rings. The number of rotatable bonds is 2. The van der Waals surface area contributed by atoms with Crippen LogP contribution in [0.3, 0.4) is 0 Å². The molecule has 0 saturated heterocycles. The Hall–Kier alpha value is -1.65. The quantitative estimate of drug-likeness (QED) is 0.645. The number of ether oxygens (including phenoxy) is 2. The van der Waals surface area contributed by atoms with Gasteiger partial charge in [-0.25, -0.2) is 14.2 Å². The molecule has 0 aromatic carbocycles. The summed E-state index contributed by atoms with van der Waals surface area (Å²) in [6.45, 7) is 0. The van der Waals surface area contributed by atoms with Crippen LogP contribution in [0.25, 0.3) is 0 Å². The van der Waals surface area contributed by atoms with E-state index in [1.54, 1.807) is 0 Å². The number of aromatic nitrogens is 1. The highest BCUT2D eigenvalue weighted by Gasteiger charge is 2.10. The van der Waals surface area contributed by atoms with E-state index >= 15 is 0 Å². The highest BCUT2D eigenvalue weighted by atomic mass is 19.1. The average molecular weight is 185 g/mol. The molecule has 4 nitrogen and oxygen atoms in total. The van der Waals surface area contributed by atoms with Gasteiger partial charge in [0.25, 0.3) is 0 Å². The van der Waals surface area contributed by atoms with Crippen molar-refractivity contribution in [3.8, 4) is 5.88 Å². The lowest BCUT2D eigenvalue weighted by molar-refractivity contribution is 0.0592. The van der Waals surface area contributed by atoms with Crippen LogP contribution in [0.4, 0.5) is 4.39 Å². The fourth-order valence-electron chi connectivity index (χ4n) is 0.787. The predicted molar refractivity (Wildman–Crippen MR) is 42.1 cm³/mol. The second kappa shape index (κ2) is 3.84.